The molecule has 0 aliphatic carbocycles. The van der Waals surface area contributed by atoms with Crippen LogP contribution in [-0.2, 0) is 11.3 Å². The third-order valence-electron chi connectivity index (χ3n) is 3.74. The Bertz CT molecular complexity index is 664. The Kier molecular flexibility index (Phi) is 5.47. The lowest BCUT2D eigenvalue weighted by Gasteiger charge is -2.33. The summed E-state index contributed by atoms with van der Waals surface area (Å²) in [5.74, 6) is 1.12. The number of nitrogens with one attached hydrogen (secondary N) is 1. The Balaban J connectivity index is 1.41. The van der Waals surface area contributed by atoms with Gasteiger partial charge in [0.05, 0.1) is 10.3 Å². The molecule has 1 aliphatic heterocycles. The van der Waals surface area contributed by atoms with Crippen molar-refractivity contribution >= 4 is 39.0 Å². The minimum atomic E-state index is -0.0473. The predicted molar refractivity (Wildman–Crippen MR) is 93.6 cm³/mol. The molecule has 6 nitrogen and oxygen atoms in total. The number of halogens is 1. The number of aryl methyl sites for hydroxylation is 1. The molecule has 2 aromatic heterocycles. The van der Waals surface area contributed by atoms with Crippen LogP contribution in [0.3, 0.4) is 0 Å². The zero-order chi connectivity index (χ0) is 16.2. The molecule has 0 saturated carbocycles. The number of hydrogen-bond donors (Lipinski definition) is 1. The second-order valence-electron chi connectivity index (χ2n) is 5.63. The summed E-state index contributed by atoms with van der Waals surface area (Å²) in [5.41, 5.74) is 0. The van der Waals surface area contributed by atoms with Gasteiger partial charge in [0.25, 0.3) is 0 Å². The molecule has 0 aromatic carbocycles. The van der Waals surface area contributed by atoms with E-state index in [9.17, 15) is 4.79 Å². The fourth-order valence-electron chi connectivity index (χ4n) is 2.57. The van der Waals surface area contributed by atoms with Crippen molar-refractivity contribution in [1.29, 1.82) is 0 Å². The van der Waals surface area contributed by atoms with E-state index in [1.165, 1.54) is 8.66 Å². The number of carbonyl (C=O) groups excluding carboxylic acids is 1. The highest BCUT2D eigenvalue weighted by molar-refractivity contribution is 9.11. The Labute approximate surface area is 147 Å². The van der Waals surface area contributed by atoms with Crippen molar-refractivity contribution in [2.24, 2.45) is 0 Å². The van der Waals surface area contributed by atoms with Crippen LogP contribution < -0.4 is 5.32 Å². The highest BCUT2D eigenvalue weighted by Gasteiger charge is 2.19. The second kappa shape index (κ2) is 7.57. The molecule has 1 fully saturated rings. The maximum atomic E-state index is 12.0. The lowest BCUT2D eigenvalue weighted by Crippen LogP contribution is -2.48. The van der Waals surface area contributed by atoms with E-state index in [4.69, 9.17) is 4.52 Å². The molecule has 3 rings (SSSR count). The third-order valence-corrected chi connectivity index (χ3v) is 5.34. The SMILES string of the molecule is Cc1cc(NC(=O)CN2CCN(Cc3ccc(Br)s3)CC2)no1. The van der Waals surface area contributed by atoms with Gasteiger partial charge in [-0.1, -0.05) is 5.16 Å². The van der Waals surface area contributed by atoms with E-state index in [1.54, 1.807) is 24.3 Å². The molecular formula is C15H19BrN4O2S. The van der Waals surface area contributed by atoms with Gasteiger partial charge in [-0.05, 0) is 35.0 Å². The highest BCUT2D eigenvalue weighted by Crippen LogP contribution is 2.23. The van der Waals surface area contributed by atoms with Crippen LogP contribution in [-0.4, -0.2) is 53.6 Å². The Morgan fingerprint density at radius 2 is 2.09 bits per heavy atom. The number of carbonyl (C=O) groups is 1. The highest BCUT2D eigenvalue weighted by atomic mass is 79.9. The molecule has 2 aromatic rings. The van der Waals surface area contributed by atoms with Gasteiger partial charge in [-0.15, -0.1) is 11.3 Å². The van der Waals surface area contributed by atoms with Crippen molar-refractivity contribution in [3.8, 4) is 0 Å². The van der Waals surface area contributed by atoms with Gasteiger partial charge < -0.3 is 9.84 Å². The number of thiophene rings is 1. The molecule has 0 radical (unpaired) electrons. The quantitative estimate of drug-likeness (QED) is 0.838. The van der Waals surface area contributed by atoms with Gasteiger partial charge in [0.15, 0.2) is 5.82 Å². The zero-order valence-corrected chi connectivity index (χ0v) is 15.3. The molecular weight excluding hydrogens is 380 g/mol. The van der Waals surface area contributed by atoms with Crippen molar-refractivity contribution in [3.63, 3.8) is 0 Å². The minimum absolute atomic E-state index is 0.0473. The van der Waals surface area contributed by atoms with E-state index in [0.717, 1.165) is 32.7 Å². The Morgan fingerprint density at radius 3 is 2.70 bits per heavy atom. The zero-order valence-electron chi connectivity index (χ0n) is 12.9. The average Bonchev–Trinajstić information content (AvgIpc) is 3.10. The number of piperazine rings is 1. The summed E-state index contributed by atoms with van der Waals surface area (Å²) < 4.78 is 6.11. The topological polar surface area (TPSA) is 61.6 Å². The van der Waals surface area contributed by atoms with Crippen LogP contribution in [0.1, 0.15) is 10.6 Å². The molecule has 0 atom stereocenters. The number of nitrogens with zero attached hydrogens (tertiary/aromatic N) is 3. The van der Waals surface area contributed by atoms with E-state index < -0.39 is 0 Å². The van der Waals surface area contributed by atoms with Crippen LogP contribution in [0.4, 0.5) is 5.82 Å². The van der Waals surface area contributed by atoms with Gasteiger partial charge >= 0.3 is 0 Å². The number of amides is 1. The first kappa shape index (κ1) is 16.6. The molecule has 0 spiro atoms. The fraction of sp³-hybridized carbons (Fsp3) is 0.467. The lowest BCUT2D eigenvalue weighted by atomic mass is 10.3. The second-order valence-corrected chi connectivity index (χ2v) is 8.18. The van der Waals surface area contributed by atoms with Gasteiger partial charge in [0.2, 0.25) is 5.91 Å². The standard InChI is InChI=1S/C15H19BrN4O2S/c1-11-8-14(18-22-11)17-15(21)10-20-6-4-19(5-7-20)9-12-2-3-13(16)23-12/h2-3,8H,4-7,9-10H2,1H3,(H,17,18,21). The lowest BCUT2D eigenvalue weighted by molar-refractivity contribution is -0.117. The summed E-state index contributed by atoms with van der Waals surface area (Å²) in [5, 5.41) is 6.53. The molecule has 1 aliphatic rings. The number of hydrogen-bond acceptors (Lipinski definition) is 6. The van der Waals surface area contributed by atoms with Gasteiger partial charge in [-0.2, -0.15) is 0 Å². The Morgan fingerprint density at radius 1 is 1.35 bits per heavy atom. The molecule has 23 heavy (non-hydrogen) atoms. The van der Waals surface area contributed by atoms with E-state index >= 15 is 0 Å². The van der Waals surface area contributed by atoms with E-state index in [1.807, 2.05) is 0 Å². The molecule has 0 bridgehead atoms. The summed E-state index contributed by atoms with van der Waals surface area (Å²) in [6.07, 6.45) is 0. The molecule has 1 saturated heterocycles. The molecule has 124 valence electrons. The summed E-state index contributed by atoms with van der Waals surface area (Å²) in [4.78, 5) is 18.0. The van der Waals surface area contributed by atoms with E-state index in [0.29, 0.717) is 18.1 Å². The third kappa shape index (κ3) is 4.87. The maximum absolute atomic E-state index is 12.0. The first-order chi connectivity index (χ1) is 11.1. The minimum Gasteiger partial charge on any atom is -0.360 e. The molecule has 1 N–H and O–H groups in total. The van der Waals surface area contributed by atoms with Crippen LogP contribution in [0.15, 0.2) is 26.5 Å². The largest absolute Gasteiger partial charge is 0.360 e. The maximum Gasteiger partial charge on any atom is 0.239 e. The first-order valence-corrected chi connectivity index (χ1v) is 9.11. The Hall–Kier alpha value is -1.22. The molecule has 0 unspecified atom stereocenters. The summed E-state index contributed by atoms with van der Waals surface area (Å²) in [7, 11) is 0. The van der Waals surface area contributed by atoms with Crippen molar-refractivity contribution < 1.29 is 9.32 Å². The van der Waals surface area contributed by atoms with Crippen LogP contribution >= 0.6 is 27.3 Å². The monoisotopic (exact) mass is 398 g/mol. The normalized spacial score (nSPS) is 16.6. The smallest absolute Gasteiger partial charge is 0.239 e. The molecule has 8 heteroatoms. The van der Waals surface area contributed by atoms with Crippen LogP contribution in [0.25, 0.3) is 0 Å². The van der Waals surface area contributed by atoms with Crippen LogP contribution in [0.2, 0.25) is 0 Å². The van der Waals surface area contributed by atoms with Crippen LogP contribution in [0, 0.1) is 6.92 Å². The number of aromatic nitrogens is 1. The molecule has 3 heterocycles. The van der Waals surface area contributed by atoms with E-state index in [-0.39, 0.29) is 5.91 Å². The predicted octanol–water partition coefficient (Wildman–Crippen LogP) is 2.56. The van der Waals surface area contributed by atoms with Crippen LogP contribution in [0.5, 0.6) is 0 Å². The van der Waals surface area contributed by atoms with Crippen molar-refractivity contribution in [2.75, 3.05) is 38.0 Å². The summed E-state index contributed by atoms with van der Waals surface area (Å²) >= 11 is 5.28. The number of anilines is 1. The van der Waals surface area contributed by atoms with Crippen molar-refractivity contribution in [2.45, 2.75) is 13.5 Å². The summed E-state index contributed by atoms with van der Waals surface area (Å²) in [6, 6.07) is 5.97. The first-order valence-electron chi connectivity index (χ1n) is 7.50. The van der Waals surface area contributed by atoms with Crippen molar-refractivity contribution in [1.82, 2.24) is 15.0 Å². The van der Waals surface area contributed by atoms with Gasteiger partial charge in [0.1, 0.15) is 5.76 Å². The fourth-order valence-corrected chi connectivity index (χ4v) is 4.10. The van der Waals surface area contributed by atoms with E-state index in [2.05, 4.69) is 48.3 Å². The average molecular weight is 399 g/mol. The number of rotatable bonds is 5. The van der Waals surface area contributed by atoms with Gasteiger partial charge in [-0.25, -0.2) is 0 Å². The molecule has 1 amide bonds. The van der Waals surface area contributed by atoms with Gasteiger partial charge in [0, 0.05) is 43.7 Å². The van der Waals surface area contributed by atoms with Crippen molar-refractivity contribution in [3.05, 3.63) is 32.6 Å². The summed E-state index contributed by atoms with van der Waals surface area (Å²) in [6.45, 7) is 6.93. The van der Waals surface area contributed by atoms with Gasteiger partial charge in [-0.3, -0.25) is 14.6 Å².